The van der Waals surface area contributed by atoms with Gasteiger partial charge in [-0.05, 0) is 13.3 Å². The van der Waals surface area contributed by atoms with Gasteiger partial charge in [0.15, 0.2) is 10.6 Å². The molecule has 3 nitrogen and oxygen atoms in total. The van der Waals surface area contributed by atoms with Gasteiger partial charge in [-0.25, -0.2) is 0 Å². The quantitative estimate of drug-likeness (QED) is 0.122. The monoisotopic (exact) mass is 404 g/mol. The van der Waals surface area contributed by atoms with Gasteiger partial charge < -0.3 is 4.74 Å². The van der Waals surface area contributed by atoms with Crippen LogP contribution < -0.4 is 0 Å². The number of hydrogen-bond donors (Lipinski definition) is 0. The Morgan fingerprint density at radius 2 is 1.12 bits per heavy atom. The van der Waals surface area contributed by atoms with E-state index in [0.29, 0.717) is 6.61 Å². The first-order chi connectivity index (χ1) is 11.6. The summed E-state index contributed by atoms with van der Waals surface area (Å²) in [5, 5.41) is 0. The Bertz CT molecular complexity index is 318. The van der Waals surface area contributed by atoms with Gasteiger partial charge in [-0.1, -0.05) is 106 Å². The first-order valence-corrected chi connectivity index (χ1v) is 10.8. The maximum absolute atomic E-state index is 11.4. The molecule has 0 aliphatic carbocycles. The molecule has 0 rings (SSSR count). The van der Waals surface area contributed by atoms with Crippen LogP contribution in [-0.2, 0) is 14.3 Å². The second kappa shape index (κ2) is 17.4. The highest BCUT2D eigenvalue weighted by atomic mass is 79.9. The average Bonchev–Trinajstić information content (AvgIpc) is 2.57. The zero-order valence-corrected chi connectivity index (χ0v) is 17.4. The molecule has 0 bridgehead atoms. The molecule has 0 fully saturated rings. The Balaban J connectivity index is 3.18. The number of alkyl halides is 1. The first kappa shape index (κ1) is 23.6. The van der Waals surface area contributed by atoms with E-state index in [0.717, 1.165) is 12.8 Å². The molecule has 0 aromatic rings. The molecule has 0 aromatic carbocycles. The number of ketones is 1. The Labute approximate surface area is 157 Å². The van der Waals surface area contributed by atoms with E-state index in [-0.39, 0.29) is 5.78 Å². The lowest BCUT2D eigenvalue weighted by Crippen LogP contribution is -2.24. The van der Waals surface area contributed by atoms with E-state index in [1.54, 1.807) is 0 Å². The fourth-order valence-corrected chi connectivity index (χ4v) is 2.84. The Morgan fingerprint density at radius 3 is 1.50 bits per heavy atom. The van der Waals surface area contributed by atoms with E-state index < -0.39 is 10.8 Å². The van der Waals surface area contributed by atoms with E-state index in [4.69, 9.17) is 4.74 Å². The summed E-state index contributed by atoms with van der Waals surface area (Å²) < 4.78 is 5.07. The summed E-state index contributed by atoms with van der Waals surface area (Å²) in [7, 11) is 0. The predicted octanol–water partition coefficient (Wildman–Crippen LogP) is 6.36. The third-order valence-corrected chi connectivity index (χ3v) is 5.32. The van der Waals surface area contributed by atoms with E-state index in [2.05, 4.69) is 22.9 Å². The molecular formula is C20H37BrO3. The molecule has 0 amide bonds. The van der Waals surface area contributed by atoms with Crippen molar-refractivity contribution in [1.29, 1.82) is 0 Å². The van der Waals surface area contributed by atoms with Gasteiger partial charge in [0.1, 0.15) is 0 Å². The largest absolute Gasteiger partial charge is 0.465 e. The Kier molecular flexibility index (Phi) is 17.2. The van der Waals surface area contributed by atoms with Crippen molar-refractivity contribution in [3.05, 3.63) is 0 Å². The number of carbonyl (C=O) groups excluding carboxylic acids is 2. The van der Waals surface area contributed by atoms with Gasteiger partial charge in [-0.3, -0.25) is 9.59 Å². The Hall–Kier alpha value is -0.380. The van der Waals surface area contributed by atoms with Gasteiger partial charge >= 0.3 is 5.97 Å². The average molecular weight is 405 g/mol. The third-order valence-electron chi connectivity index (χ3n) is 4.31. The predicted molar refractivity (Wildman–Crippen MR) is 105 cm³/mol. The molecule has 0 aliphatic rings. The van der Waals surface area contributed by atoms with Crippen molar-refractivity contribution < 1.29 is 14.3 Å². The number of esters is 1. The topological polar surface area (TPSA) is 43.4 Å². The standard InChI is InChI=1S/C20H37BrO3/c1-3-4-5-6-7-8-9-10-11-12-13-14-15-16-17-24-20(23)19(21)18(2)22/h19H,3-17H2,1-2H3. The van der Waals surface area contributed by atoms with Crippen LogP contribution in [0.5, 0.6) is 0 Å². The van der Waals surface area contributed by atoms with E-state index >= 15 is 0 Å². The van der Waals surface area contributed by atoms with Crippen LogP contribution in [0.4, 0.5) is 0 Å². The van der Waals surface area contributed by atoms with E-state index in [1.165, 1.54) is 84.0 Å². The van der Waals surface area contributed by atoms with Crippen molar-refractivity contribution >= 4 is 27.7 Å². The second-order valence-corrected chi connectivity index (χ2v) is 7.65. The summed E-state index contributed by atoms with van der Waals surface area (Å²) in [6.07, 6.45) is 18.3. The Morgan fingerprint density at radius 1 is 0.750 bits per heavy atom. The van der Waals surface area contributed by atoms with Crippen LogP contribution in [0, 0.1) is 0 Å². The van der Waals surface area contributed by atoms with Crippen LogP contribution in [0.15, 0.2) is 0 Å². The van der Waals surface area contributed by atoms with Crippen LogP contribution in [0.2, 0.25) is 0 Å². The molecule has 0 radical (unpaired) electrons. The fourth-order valence-electron chi connectivity index (χ4n) is 2.71. The lowest BCUT2D eigenvalue weighted by Gasteiger charge is -2.07. The molecule has 0 heterocycles. The zero-order chi connectivity index (χ0) is 18.0. The van der Waals surface area contributed by atoms with Gasteiger partial charge in [0, 0.05) is 0 Å². The van der Waals surface area contributed by atoms with Gasteiger partial charge in [0.2, 0.25) is 0 Å². The summed E-state index contributed by atoms with van der Waals surface area (Å²) in [4.78, 5) is 21.6. The SMILES string of the molecule is CCCCCCCCCCCCCCCCOC(=O)C(Br)C(C)=O. The van der Waals surface area contributed by atoms with Crippen LogP contribution in [0.25, 0.3) is 0 Å². The van der Waals surface area contributed by atoms with Gasteiger partial charge in [0.05, 0.1) is 6.61 Å². The highest BCUT2D eigenvalue weighted by Gasteiger charge is 2.20. The van der Waals surface area contributed by atoms with Crippen molar-refractivity contribution in [2.75, 3.05) is 6.61 Å². The maximum Gasteiger partial charge on any atom is 0.327 e. The summed E-state index contributed by atoms with van der Waals surface area (Å²) in [6, 6.07) is 0. The minimum atomic E-state index is -0.802. The van der Waals surface area contributed by atoms with Crippen LogP contribution in [0.1, 0.15) is 104 Å². The lowest BCUT2D eigenvalue weighted by molar-refractivity contribution is -0.144. The number of halogens is 1. The smallest absolute Gasteiger partial charge is 0.327 e. The van der Waals surface area contributed by atoms with Crippen LogP contribution >= 0.6 is 15.9 Å². The minimum absolute atomic E-state index is 0.207. The summed E-state index contributed by atoms with van der Waals surface area (Å²) >= 11 is 3.03. The molecule has 24 heavy (non-hydrogen) atoms. The summed E-state index contributed by atoms with van der Waals surface area (Å²) in [5.41, 5.74) is 0. The summed E-state index contributed by atoms with van der Waals surface area (Å²) in [5.74, 6) is -0.668. The van der Waals surface area contributed by atoms with Crippen molar-refractivity contribution in [2.45, 2.75) is 109 Å². The van der Waals surface area contributed by atoms with Gasteiger partial charge in [0.25, 0.3) is 0 Å². The van der Waals surface area contributed by atoms with Crippen molar-refractivity contribution in [3.63, 3.8) is 0 Å². The number of hydrogen-bond acceptors (Lipinski definition) is 3. The number of rotatable bonds is 17. The molecule has 4 heteroatoms. The molecule has 1 unspecified atom stereocenters. The fraction of sp³-hybridized carbons (Fsp3) is 0.900. The zero-order valence-electron chi connectivity index (χ0n) is 15.8. The highest BCUT2D eigenvalue weighted by Crippen LogP contribution is 2.13. The van der Waals surface area contributed by atoms with Gasteiger partial charge in [-0.2, -0.15) is 0 Å². The highest BCUT2D eigenvalue weighted by molar-refractivity contribution is 9.10. The number of carbonyl (C=O) groups is 2. The first-order valence-electron chi connectivity index (χ1n) is 9.90. The molecule has 0 spiro atoms. The number of ether oxygens (including phenoxy) is 1. The third kappa shape index (κ3) is 15.2. The van der Waals surface area contributed by atoms with Crippen LogP contribution in [-0.4, -0.2) is 23.2 Å². The molecule has 0 aromatic heterocycles. The van der Waals surface area contributed by atoms with E-state index in [1.807, 2.05) is 0 Å². The van der Waals surface area contributed by atoms with E-state index in [9.17, 15) is 9.59 Å². The molecule has 0 aliphatic heterocycles. The molecule has 0 N–H and O–H groups in total. The molecule has 1 atom stereocenters. The minimum Gasteiger partial charge on any atom is -0.465 e. The molecule has 0 saturated heterocycles. The summed E-state index contributed by atoms with van der Waals surface area (Å²) in [6.45, 7) is 4.07. The number of Topliss-reactive ketones (excluding diaryl/α,β-unsaturated/α-hetero) is 1. The molecule has 0 saturated carbocycles. The maximum atomic E-state index is 11.4. The van der Waals surface area contributed by atoms with Gasteiger partial charge in [-0.15, -0.1) is 0 Å². The lowest BCUT2D eigenvalue weighted by atomic mass is 10.0. The molecule has 142 valence electrons. The normalized spacial score (nSPS) is 12.1. The van der Waals surface area contributed by atoms with Crippen molar-refractivity contribution in [3.8, 4) is 0 Å². The van der Waals surface area contributed by atoms with Crippen molar-refractivity contribution in [2.24, 2.45) is 0 Å². The van der Waals surface area contributed by atoms with Crippen LogP contribution in [0.3, 0.4) is 0 Å². The van der Waals surface area contributed by atoms with Crippen molar-refractivity contribution in [1.82, 2.24) is 0 Å². The number of unbranched alkanes of at least 4 members (excludes halogenated alkanes) is 13. The molecular weight excluding hydrogens is 368 g/mol. The second-order valence-electron chi connectivity index (χ2n) is 6.74.